The third kappa shape index (κ3) is 3.75. The van der Waals surface area contributed by atoms with E-state index >= 15 is 0 Å². The van der Waals surface area contributed by atoms with Crippen LogP contribution in [0.5, 0.6) is 0 Å². The first-order chi connectivity index (χ1) is 12.8. The molecule has 0 saturated carbocycles. The van der Waals surface area contributed by atoms with Crippen LogP contribution in [0.25, 0.3) is 34.3 Å². The van der Waals surface area contributed by atoms with E-state index in [1.165, 1.54) is 27.6 Å². The molecule has 1 atom stereocenters. The summed E-state index contributed by atoms with van der Waals surface area (Å²) in [6, 6.07) is 10.7. The second kappa shape index (κ2) is 8.88. The van der Waals surface area contributed by atoms with Crippen molar-refractivity contribution in [3.8, 4) is 11.1 Å². The van der Waals surface area contributed by atoms with E-state index in [-0.39, 0.29) is 6.10 Å². The normalized spacial score (nSPS) is 15.3. The fourth-order valence-electron chi connectivity index (χ4n) is 2.97. The summed E-state index contributed by atoms with van der Waals surface area (Å²) in [4.78, 5) is 4.52. The van der Waals surface area contributed by atoms with E-state index in [1.807, 2.05) is 26.1 Å². The lowest BCUT2D eigenvalue weighted by Gasteiger charge is -2.05. The van der Waals surface area contributed by atoms with Gasteiger partial charge in [-0.2, -0.15) is 0 Å². The van der Waals surface area contributed by atoms with Crippen LogP contribution in [0.4, 0.5) is 0 Å². The number of hydrogen-bond acceptors (Lipinski definition) is 3. The highest BCUT2D eigenvalue weighted by molar-refractivity contribution is 14.2. The van der Waals surface area contributed by atoms with Gasteiger partial charge < -0.3 is 4.74 Å². The Morgan fingerprint density at radius 1 is 1.12 bits per heavy atom. The third-order valence-electron chi connectivity index (χ3n) is 4.21. The molecule has 0 radical (unpaired) electrons. The van der Waals surface area contributed by atoms with Crippen molar-refractivity contribution in [1.82, 2.24) is 8.96 Å². The fourth-order valence-corrected chi connectivity index (χ4v) is 4.23. The van der Waals surface area contributed by atoms with Crippen LogP contribution in [0.15, 0.2) is 54.9 Å². The first kappa shape index (κ1) is 19.2. The molecule has 0 amide bonds. The summed E-state index contributed by atoms with van der Waals surface area (Å²) in [5, 5.41) is 1.17. The summed E-state index contributed by atoms with van der Waals surface area (Å²) < 4.78 is 7.51. The van der Waals surface area contributed by atoms with Gasteiger partial charge in [0, 0.05) is 60.8 Å². The molecule has 2 aromatic heterocycles. The molecule has 3 aromatic rings. The molecule has 134 valence electrons. The molecule has 0 bridgehead atoms. The van der Waals surface area contributed by atoms with E-state index in [2.05, 4.69) is 84.9 Å². The van der Waals surface area contributed by atoms with Gasteiger partial charge in [-0.15, -0.1) is 0 Å². The Bertz CT molecular complexity index is 962. The quantitative estimate of drug-likeness (QED) is 0.397. The predicted octanol–water partition coefficient (Wildman–Crippen LogP) is 6.63. The van der Waals surface area contributed by atoms with Crippen LogP contribution in [0.3, 0.4) is 0 Å². The van der Waals surface area contributed by atoms with Crippen LogP contribution in [-0.4, -0.2) is 22.2 Å². The molecule has 1 aliphatic rings. The van der Waals surface area contributed by atoms with Crippen molar-refractivity contribution < 1.29 is 4.74 Å². The van der Waals surface area contributed by atoms with E-state index in [9.17, 15) is 0 Å². The van der Waals surface area contributed by atoms with Gasteiger partial charge >= 0.3 is 0 Å². The monoisotopic (exact) mass is 476 g/mol. The lowest BCUT2D eigenvalue weighted by molar-refractivity contribution is 0.179. The number of hydrogen-bond donors (Lipinski definition) is 0. The van der Waals surface area contributed by atoms with Crippen LogP contribution < -0.4 is 0 Å². The summed E-state index contributed by atoms with van der Waals surface area (Å²) in [5.74, 6) is 0. The molecule has 0 spiro atoms. The average Bonchev–Trinajstić information content (AvgIpc) is 2.96. The Kier molecular flexibility index (Phi) is 6.56. The van der Waals surface area contributed by atoms with Crippen molar-refractivity contribution in [3.05, 3.63) is 66.0 Å². The zero-order valence-electron chi connectivity index (χ0n) is 15.0. The maximum absolute atomic E-state index is 5.40. The molecular weight excluding hydrogens is 455 g/mol. The van der Waals surface area contributed by atoms with Crippen LogP contribution >= 0.6 is 30.3 Å². The number of nitrogens with zero attached hydrogens (tertiary/aromatic N) is 2. The molecule has 3 nitrogen and oxygen atoms in total. The lowest BCUT2D eigenvalue weighted by Crippen LogP contribution is -2.00. The van der Waals surface area contributed by atoms with Crippen molar-refractivity contribution in [1.29, 1.82) is 0 Å². The fraction of sp³-hybridized carbons (Fsp3) is 0.190. The Morgan fingerprint density at radius 3 is 2.62 bits per heavy atom. The van der Waals surface area contributed by atoms with E-state index in [1.54, 1.807) is 16.2 Å². The number of aromatic nitrogens is 2. The van der Waals surface area contributed by atoms with Crippen molar-refractivity contribution in [2.75, 3.05) is 7.11 Å². The van der Waals surface area contributed by atoms with Crippen LogP contribution in [-0.2, 0) is 4.74 Å². The number of ether oxygens (including phenoxy) is 1. The summed E-state index contributed by atoms with van der Waals surface area (Å²) >= 11 is 2.29. The van der Waals surface area contributed by atoms with Gasteiger partial charge in [0.1, 0.15) is 0 Å². The van der Waals surface area contributed by atoms with Crippen molar-refractivity contribution in [3.63, 3.8) is 0 Å². The zero-order valence-corrected chi connectivity index (χ0v) is 18.0. The minimum Gasteiger partial charge on any atom is -0.373 e. The van der Waals surface area contributed by atoms with Gasteiger partial charge in [0.05, 0.1) is 6.10 Å². The molecular formula is C21H21IN2OS. The second-order valence-corrected chi connectivity index (χ2v) is 7.29. The first-order valence-electron chi connectivity index (χ1n) is 8.59. The minimum absolute atomic E-state index is 0.0300. The molecule has 1 aromatic carbocycles. The highest BCUT2D eigenvalue weighted by Crippen LogP contribution is 2.35. The van der Waals surface area contributed by atoms with Gasteiger partial charge in [-0.05, 0) is 34.9 Å². The standard InChI is InChI=1S/C19H15IN2OS.C2H6/c1-23-16-8-6-13-4-5-15(11-14(13)7-9-16)18-12-22(24-20)19-17(18)3-2-10-21-19;1-2/h2-12,16H,1H3;1-2H3. The molecule has 5 heteroatoms. The second-order valence-electron chi connectivity index (χ2n) is 5.57. The first-order valence-corrected chi connectivity index (χ1v) is 11.9. The summed E-state index contributed by atoms with van der Waals surface area (Å²) in [6.45, 7) is 4.00. The number of benzene rings is 1. The van der Waals surface area contributed by atoms with Gasteiger partial charge in [-0.3, -0.25) is 3.97 Å². The molecule has 2 heterocycles. The average molecular weight is 476 g/mol. The van der Waals surface area contributed by atoms with Gasteiger partial charge in [0.15, 0.2) is 5.65 Å². The van der Waals surface area contributed by atoms with Crippen LogP contribution in [0.1, 0.15) is 25.0 Å². The number of rotatable bonds is 3. The lowest BCUT2D eigenvalue weighted by atomic mass is 9.99. The number of halogens is 1. The summed E-state index contributed by atoms with van der Waals surface area (Å²) in [6.07, 6.45) is 12.4. The van der Waals surface area contributed by atoms with Crippen LogP contribution in [0.2, 0.25) is 0 Å². The van der Waals surface area contributed by atoms with E-state index in [4.69, 9.17) is 4.74 Å². The van der Waals surface area contributed by atoms with Gasteiger partial charge in [-0.25, -0.2) is 4.98 Å². The molecule has 4 rings (SSSR count). The number of pyridine rings is 1. The Labute approximate surface area is 170 Å². The molecule has 0 fully saturated rings. The third-order valence-corrected chi connectivity index (χ3v) is 5.91. The summed E-state index contributed by atoms with van der Waals surface area (Å²) in [5.41, 5.74) is 5.81. The number of methoxy groups -OCH3 is 1. The molecule has 1 aliphatic carbocycles. The Hall–Kier alpha value is -1.57. The Morgan fingerprint density at radius 2 is 1.88 bits per heavy atom. The highest BCUT2D eigenvalue weighted by atomic mass is 127. The summed E-state index contributed by atoms with van der Waals surface area (Å²) in [7, 11) is 3.36. The van der Waals surface area contributed by atoms with Crippen molar-refractivity contribution >= 4 is 53.5 Å². The van der Waals surface area contributed by atoms with Crippen LogP contribution in [0, 0.1) is 0 Å². The number of fused-ring (bicyclic) bond motifs is 2. The molecule has 0 N–H and O–H groups in total. The minimum atomic E-state index is 0.0300. The molecule has 26 heavy (non-hydrogen) atoms. The molecule has 0 saturated heterocycles. The van der Waals surface area contributed by atoms with Gasteiger partial charge in [0.25, 0.3) is 0 Å². The van der Waals surface area contributed by atoms with E-state index in [0.717, 1.165) is 5.65 Å². The highest BCUT2D eigenvalue weighted by Gasteiger charge is 2.13. The predicted molar refractivity (Wildman–Crippen MR) is 122 cm³/mol. The van der Waals surface area contributed by atoms with Gasteiger partial charge in [0.2, 0.25) is 0 Å². The zero-order chi connectivity index (χ0) is 18.5. The maximum Gasteiger partial charge on any atom is 0.151 e. The van der Waals surface area contributed by atoms with Crippen molar-refractivity contribution in [2.45, 2.75) is 20.0 Å². The smallest absolute Gasteiger partial charge is 0.151 e. The largest absolute Gasteiger partial charge is 0.373 e. The molecule has 0 aliphatic heterocycles. The molecule has 1 unspecified atom stereocenters. The van der Waals surface area contributed by atoms with Gasteiger partial charge in [-0.1, -0.05) is 50.3 Å². The maximum atomic E-state index is 5.40. The van der Waals surface area contributed by atoms with E-state index in [0.29, 0.717) is 0 Å². The van der Waals surface area contributed by atoms with Crippen molar-refractivity contribution in [2.24, 2.45) is 0 Å². The SMILES string of the molecule is CC.COC1C=Cc2ccc(-c3cn(SI)c4ncccc34)cc2C=C1. The van der Waals surface area contributed by atoms with E-state index < -0.39 is 0 Å². The topological polar surface area (TPSA) is 27.1 Å². The Balaban J connectivity index is 0.000000948.